The van der Waals surface area contributed by atoms with Crippen LogP contribution in [-0.4, -0.2) is 15.9 Å². The summed E-state index contributed by atoms with van der Waals surface area (Å²) in [6.07, 6.45) is 1.54. The van der Waals surface area contributed by atoms with Gasteiger partial charge in [0.05, 0.1) is 11.3 Å². The highest BCUT2D eigenvalue weighted by atomic mass is 79.9. The molecule has 0 radical (unpaired) electrons. The lowest BCUT2D eigenvalue weighted by Gasteiger charge is -2.08. The summed E-state index contributed by atoms with van der Waals surface area (Å²) in [7, 11) is 0. The van der Waals surface area contributed by atoms with Gasteiger partial charge in [0.1, 0.15) is 11.6 Å². The minimum absolute atomic E-state index is 0.175. The lowest BCUT2D eigenvalue weighted by molar-refractivity contribution is 0.102. The number of nitrogens with two attached hydrogens (primary N) is 1. The number of anilines is 2. The molecule has 0 aliphatic heterocycles. The van der Waals surface area contributed by atoms with Crippen molar-refractivity contribution in [1.82, 2.24) is 9.97 Å². The fraction of sp³-hybridized carbons (Fsp3) is 0.0833. The maximum atomic E-state index is 12.1. The van der Waals surface area contributed by atoms with Gasteiger partial charge in [-0.05, 0) is 57.0 Å². The molecule has 5 nitrogen and oxygen atoms in total. The first-order chi connectivity index (χ1) is 8.97. The molecule has 2 rings (SSSR count). The van der Waals surface area contributed by atoms with Crippen LogP contribution in [0.4, 0.5) is 11.6 Å². The average molecular weight is 386 g/mol. The molecule has 0 fully saturated rings. The van der Waals surface area contributed by atoms with Crippen LogP contribution in [0.15, 0.2) is 33.3 Å². The van der Waals surface area contributed by atoms with E-state index in [1.807, 2.05) is 13.0 Å². The van der Waals surface area contributed by atoms with Gasteiger partial charge in [-0.3, -0.25) is 4.79 Å². The number of nitrogens with zero attached hydrogens (tertiary/aromatic N) is 2. The molecule has 0 aliphatic rings. The molecule has 0 bridgehead atoms. The zero-order valence-electron chi connectivity index (χ0n) is 9.95. The van der Waals surface area contributed by atoms with Crippen molar-refractivity contribution in [1.29, 1.82) is 0 Å². The van der Waals surface area contributed by atoms with E-state index < -0.39 is 0 Å². The number of rotatable bonds is 2. The highest BCUT2D eigenvalue weighted by molar-refractivity contribution is 9.10. The van der Waals surface area contributed by atoms with Gasteiger partial charge < -0.3 is 11.1 Å². The van der Waals surface area contributed by atoms with Crippen LogP contribution >= 0.6 is 31.9 Å². The second-order valence-electron chi connectivity index (χ2n) is 3.80. The Bertz CT molecular complexity index is 646. The smallest absolute Gasteiger partial charge is 0.260 e. The summed E-state index contributed by atoms with van der Waals surface area (Å²) >= 11 is 6.60. The van der Waals surface area contributed by atoms with Gasteiger partial charge in [0, 0.05) is 15.1 Å². The van der Waals surface area contributed by atoms with E-state index in [4.69, 9.17) is 5.73 Å². The molecule has 98 valence electrons. The van der Waals surface area contributed by atoms with Gasteiger partial charge in [0.2, 0.25) is 0 Å². The SMILES string of the molecule is Cc1nc(NC(=O)c2cc(Br)cnc2N)ccc1Br. The highest BCUT2D eigenvalue weighted by Crippen LogP contribution is 2.19. The third-order valence-electron chi connectivity index (χ3n) is 2.39. The predicted molar refractivity (Wildman–Crippen MR) is 81.0 cm³/mol. The van der Waals surface area contributed by atoms with Crippen LogP contribution in [0.5, 0.6) is 0 Å². The van der Waals surface area contributed by atoms with Gasteiger partial charge in [-0.2, -0.15) is 0 Å². The molecular formula is C12H10Br2N4O. The Balaban J connectivity index is 2.25. The van der Waals surface area contributed by atoms with E-state index >= 15 is 0 Å². The van der Waals surface area contributed by atoms with Crippen molar-refractivity contribution in [2.45, 2.75) is 6.92 Å². The van der Waals surface area contributed by atoms with E-state index in [0.29, 0.717) is 15.9 Å². The first kappa shape index (κ1) is 14.0. The molecular weight excluding hydrogens is 376 g/mol. The van der Waals surface area contributed by atoms with Crippen molar-refractivity contribution in [2.75, 3.05) is 11.1 Å². The van der Waals surface area contributed by atoms with Gasteiger partial charge in [-0.25, -0.2) is 9.97 Å². The van der Waals surface area contributed by atoms with E-state index in [2.05, 4.69) is 47.1 Å². The van der Waals surface area contributed by atoms with E-state index in [0.717, 1.165) is 10.2 Å². The molecule has 2 aromatic heterocycles. The lowest BCUT2D eigenvalue weighted by Crippen LogP contribution is -2.16. The van der Waals surface area contributed by atoms with Gasteiger partial charge in [0.15, 0.2) is 0 Å². The Morgan fingerprint density at radius 1 is 1.37 bits per heavy atom. The summed E-state index contributed by atoms with van der Waals surface area (Å²) in [6, 6.07) is 5.14. The second kappa shape index (κ2) is 5.66. The number of hydrogen-bond acceptors (Lipinski definition) is 4. The summed E-state index contributed by atoms with van der Waals surface area (Å²) in [4.78, 5) is 20.2. The summed E-state index contributed by atoms with van der Waals surface area (Å²) in [5.74, 6) is 0.292. The normalized spacial score (nSPS) is 10.3. The number of aromatic nitrogens is 2. The maximum absolute atomic E-state index is 12.1. The molecule has 0 aliphatic carbocycles. The van der Waals surface area contributed by atoms with Crippen LogP contribution in [0.25, 0.3) is 0 Å². The van der Waals surface area contributed by atoms with Gasteiger partial charge in [0.25, 0.3) is 5.91 Å². The number of carbonyl (C=O) groups is 1. The largest absolute Gasteiger partial charge is 0.383 e. The number of amides is 1. The van der Waals surface area contributed by atoms with Crippen molar-refractivity contribution in [3.8, 4) is 0 Å². The molecule has 0 unspecified atom stereocenters. The standard InChI is InChI=1S/C12H10Br2N4O/c1-6-9(14)2-3-10(17-6)18-12(19)8-4-7(13)5-16-11(8)15/h2-5H,1H3,(H2,15,16)(H,17,18,19). The molecule has 0 saturated heterocycles. The molecule has 0 aromatic carbocycles. The topological polar surface area (TPSA) is 80.9 Å². The van der Waals surface area contributed by atoms with Crippen molar-refractivity contribution in [3.63, 3.8) is 0 Å². The van der Waals surface area contributed by atoms with E-state index in [1.54, 1.807) is 12.1 Å². The van der Waals surface area contributed by atoms with Crippen molar-refractivity contribution in [2.24, 2.45) is 0 Å². The number of pyridine rings is 2. The van der Waals surface area contributed by atoms with Gasteiger partial charge in [-0.15, -0.1) is 0 Å². The molecule has 1 amide bonds. The fourth-order valence-electron chi connectivity index (χ4n) is 1.43. The van der Waals surface area contributed by atoms with Gasteiger partial charge in [-0.1, -0.05) is 0 Å². The summed E-state index contributed by atoms with van der Waals surface area (Å²) in [6.45, 7) is 1.84. The Hall–Kier alpha value is -1.47. The van der Waals surface area contributed by atoms with Crippen LogP contribution in [0.1, 0.15) is 16.1 Å². The first-order valence-electron chi connectivity index (χ1n) is 5.33. The molecule has 0 saturated carbocycles. The zero-order valence-corrected chi connectivity index (χ0v) is 13.1. The van der Waals surface area contributed by atoms with Crippen molar-refractivity contribution >= 4 is 49.4 Å². The van der Waals surface area contributed by atoms with E-state index in [9.17, 15) is 4.79 Å². The number of nitrogens with one attached hydrogen (secondary N) is 1. The quantitative estimate of drug-likeness (QED) is 0.831. The molecule has 2 heterocycles. The second-order valence-corrected chi connectivity index (χ2v) is 5.57. The number of nitrogen functional groups attached to an aromatic ring is 1. The maximum Gasteiger partial charge on any atom is 0.260 e. The van der Waals surface area contributed by atoms with Crippen LogP contribution in [0.2, 0.25) is 0 Å². The minimum Gasteiger partial charge on any atom is -0.383 e. The molecule has 7 heteroatoms. The summed E-state index contributed by atoms with van der Waals surface area (Å²) < 4.78 is 1.57. The lowest BCUT2D eigenvalue weighted by atomic mass is 10.2. The van der Waals surface area contributed by atoms with Crippen LogP contribution in [-0.2, 0) is 0 Å². The summed E-state index contributed by atoms with van der Waals surface area (Å²) in [5, 5.41) is 2.68. The van der Waals surface area contributed by atoms with Crippen LogP contribution < -0.4 is 11.1 Å². The molecule has 0 spiro atoms. The molecule has 19 heavy (non-hydrogen) atoms. The predicted octanol–water partition coefficient (Wildman–Crippen LogP) is 3.14. The minimum atomic E-state index is -0.347. The monoisotopic (exact) mass is 384 g/mol. The Labute approximate surface area is 126 Å². The average Bonchev–Trinajstić information content (AvgIpc) is 2.36. The first-order valence-corrected chi connectivity index (χ1v) is 6.91. The highest BCUT2D eigenvalue weighted by Gasteiger charge is 2.12. The Morgan fingerprint density at radius 3 is 2.79 bits per heavy atom. The van der Waals surface area contributed by atoms with Crippen molar-refractivity contribution in [3.05, 3.63) is 44.6 Å². The van der Waals surface area contributed by atoms with E-state index in [1.165, 1.54) is 6.20 Å². The molecule has 0 atom stereocenters. The fourth-order valence-corrected chi connectivity index (χ4v) is 1.98. The number of halogens is 2. The third-order valence-corrected chi connectivity index (χ3v) is 3.66. The molecule has 2 aromatic rings. The number of hydrogen-bond donors (Lipinski definition) is 2. The van der Waals surface area contributed by atoms with Crippen molar-refractivity contribution < 1.29 is 4.79 Å². The number of carbonyl (C=O) groups excluding carboxylic acids is 1. The zero-order chi connectivity index (χ0) is 14.0. The van der Waals surface area contributed by atoms with E-state index in [-0.39, 0.29) is 11.7 Å². The van der Waals surface area contributed by atoms with Crippen LogP contribution in [0, 0.1) is 6.92 Å². The van der Waals surface area contributed by atoms with Gasteiger partial charge >= 0.3 is 0 Å². The Morgan fingerprint density at radius 2 is 2.11 bits per heavy atom. The number of aryl methyl sites for hydroxylation is 1. The molecule has 3 N–H and O–H groups in total. The third kappa shape index (κ3) is 3.30. The Kier molecular flexibility index (Phi) is 4.16. The summed E-state index contributed by atoms with van der Waals surface area (Å²) in [5.41, 5.74) is 6.77. The van der Waals surface area contributed by atoms with Crippen LogP contribution in [0.3, 0.4) is 0 Å².